The summed E-state index contributed by atoms with van der Waals surface area (Å²) in [6.07, 6.45) is 0. The topological polar surface area (TPSA) is 41.0 Å². The summed E-state index contributed by atoms with van der Waals surface area (Å²) < 4.78 is 0. The van der Waals surface area contributed by atoms with Crippen molar-refractivity contribution in [3.8, 4) is 0 Å². The molecule has 0 bridgehead atoms. The van der Waals surface area contributed by atoms with Gasteiger partial charge in [-0.25, -0.2) is 9.97 Å². The molecule has 1 N–H and O–H groups in total. The molecule has 1 fully saturated rings. The lowest BCUT2D eigenvalue weighted by Gasteiger charge is -2.26. The molecule has 4 nitrogen and oxygen atoms in total. The Bertz CT molecular complexity index is 343. The van der Waals surface area contributed by atoms with Crippen LogP contribution in [0.4, 0.5) is 5.82 Å². The molecule has 1 aromatic heterocycles. The van der Waals surface area contributed by atoms with Crippen LogP contribution >= 0.6 is 11.8 Å². The molecule has 0 saturated carbocycles. The van der Waals surface area contributed by atoms with Crippen LogP contribution in [0.3, 0.4) is 0 Å². The molecule has 0 aromatic carbocycles. The number of rotatable bonds is 4. The van der Waals surface area contributed by atoms with Crippen molar-refractivity contribution in [1.82, 2.24) is 14.9 Å². The van der Waals surface area contributed by atoms with Gasteiger partial charge in [0.25, 0.3) is 0 Å². The Balaban J connectivity index is 1.77. The first-order chi connectivity index (χ1) is 8.24. The molecule has 0 radical (unpaired) electrons. The van der Waals surface area contributed by atoms with Gasteiger partial charge >= 0.3 is 0 Å². The van der Waals surface area contributed by atoms with Crippen molar-refractivity contribution in [1.29, 1.82) is 0 Å². The van der Waals surface area contributed by atoms with E-state index in [1.54, 1.807) is 0 Å². The molecule has 5 heteroatoms. The third-order valence-electron chi connectivity index (χ3n) is 2.80. The summed E-state index contributed by atoms with van der Waals surface area (Å²) in [4.78, 5) is 11.1. The van der Waals surface area contributed by atoms with E-state index in [1.807, 2.05) is 31.7 Å². The van der Waals surface area contributed by atoms with Crippen molar-refractivity contribution in [3.63, 3.8) is 0 Å². The minimum atomic E-state index is 0.835. The fourth-order valence-electron chi connectivity index (χ4n) is 1.97. The standard InChI is InChI=1S/C12H20N4S/c1-10-9-12(15-11(2)14-10)13-3-4-16-5-7-17-8-6-16/h9H,3-8H2,1-2H3,(H,13,14,15). The van der Waals surface area contributed by atoms with Crippen LogP contribution < -0.4 is 5.32 Å². The maximum atomic E-state index is 4.37. The monoisotopic (exact) mass is 252 g/mol. The Labute approximate surface area is 107 Å². The van der Waals surface area contributed by atoms with Crippen molar-refractivity contribution < 1.29 is 0 Å². The molecule has 0 spiro atoms. The van der Waals surface area contributed by atoms with Gasteiger partial charge in [-0.2, -0.15) is 11.8 Å². The lowest BCUT2D eigenvalue weighted by molar-refractivity contribution is 0.314. The average molecular weight is 252 g/mol. The van der Waals surface area contributed by atoms with E-state index in [0.29, 0.717) is 0 Å². The fourth-order valence-corrected chi connectivity index (χ4v) is 2.95. The molecule has 0 aliphatic carbocycles. The van der Waals surface area contributed by atoms with E-state index >= 15 is 0 Å². The molecule has 0 amide bonds. The average Bonchev–Trinajstić information content (AvgIpc) is 2.29. The number of hydrogen-bond donors (Lipinski definition) is 1. The van der Waals surface area contributed by atoms with E-state index in [0.717, 1.165) is 30.4 Å². The summed E-state index contributed by atoms with van der Waals surface area (Å²) in [6, 6.07) is 2.00. The number of thioether (sulfide) groups is 1. The zero-order chi connectivity index (χ0) is 12.1. The highest BCUT2D eigenvalue weighted by molar-refractivity contribution is 7.99. The Kier molecular flexibility index (Phi) is 4.62. The van der Waals surface area contributed by atoms with Crippen LogP contribution in [0.5, 0.6) is 0 Å². The summed E-state index contributed by atoms with van der Waals surface area (Å²) in [6.45, 7) is 8.42. The number of anilines is 1. The fraction of sp³-hybridized carbons (Fsp3) is 0.667. The SMILES string of the molecule is Cc1cc(NCCN2CCSCC2)nc(C)n1. The second-order valence-corrected chi connectivity index (χ2v) is 5.55. The van der Waals surface area contributed by atoms with E-state index < -0.39 is 0 Å². The number of aryl methyl sites for hydroxylation is 2. The quantitative estimate of drug-likeness (QED) is 0.880. The lowest BCUT2D eigenvalue weighted by atomic mass is 10.4. The Hall–Kier alpha value is -0.810. The number of hydrogen-bond acceptors (Lipinski definition) is 5. The molecule has 1 aliphatic heterocycles. The number of nitrogens with zero attached hydrogens (tertiary/aromatic N) is 3. The smallest absolute Gasteiger partial charge is 0.129 e. The first-order valence-electron chi connectivity index (χ1n) is 6.10. The van der Waals surface area contributed by atoms with Gasteiger partial charge < -0.3 is 5.32 Å². The van der Waals surface area contributed by atoms with Crippen molar-refractivity contribution in [3.05, 3.63) is 17.6 Å². The normalized spacial score (nSPS) is 17.1. The van der Waals surface area contributed by atoms with Gasteiger partial charge in [0, 0.05) is 49.4 Å². The first kappa shape index (κ1) is 12.6. The summed E-state index contributed by atoms with van der Waals surface area (Å²) in [5.41, 5.74) is 1.02. The third kappa shape index (κ3) is 4.16. The van der Waals surface area contributed by atoms with Gasteiger partial charge in [0.05, 0.1) is 0 Å². The summed E-state index contributed by atoms with van der Waals surface area (Å²) in [5, 5.41) is 3.37. The number of nitrogens with one attached hydrogen (secondary N) is 1. The zero-order valence-electron chi connectivity index (χ0n) is 10.6. The minimum Gasteiger partial charge on any atom is -0.369 e. The van der Waals surface area contributed by atoms with Gasteiger partial charge in [-0.15, -0.1) is 0 Å². The van der Waals surface area contributed by atoms with Gasteiger partial charge in [0.1, 0.15) is 11.6 Å². The molecule has 1 aromatic rings. The summed E-state index contributed by atoms with van der Waals surface area (Å²) >= 11 is 2.05. The van der Waals surface area contributed by atoms with Crippen LogP contribution in [0.1, 0.15) is 11.5 Å². The Morgan fingerprint density at radius 2 is 2.06 bits per heavy atom. The molecule has 1 aliphatic rings. The Morgan fingerprint density at radius 1 is 1.29 bits per heavy atom. The van der Waals surface area contributed by atoms with E-state index in [9.17, 15) is 0 Å². The molecular formula is C12H20N4S. The van der Waals surface area contributed by atoms with Crippen LogP contribution in [0, 0.1) is 13.8 Å². The highest BCUT2D eigenvalue weighted by Gasteiger charge is 2.09. The molecule has 17 heavy (non-hydrogen) atoms. The molecule has 94 valence electrons. The van der Waals surface area contributed by atoms with Gasteiger partial charge in [-0.3, -0.25) is 4.90 Å². The zero-order valence-corrected chi connectivity index (χ0v) is 11.4. The molecule has 0 atom stereocenters. The highest BCUT2D eigenvalue weighted by atomic mass is 32.2. The predicted octanol–water partition coefficient (Wildman–Crippen LogP) is 1.55. The van der Waals surface area contributed by atoms with Crippen molar-refractivity contribution in [2.75, 3.05) is 43.0 Å². The molecule has 1 saturated heterocycles. The summed E-state index contributed by atoms with van der Waals surface area (Å²) in [7, 11) is 0. The van der Waals surface area contributed by atoms with Gasteiger partial charge in [-0.1, -0.05) is 0 Å². The number of aromatic nitrogens is 2. The van der Waals surface area contributed by atoms with Crippen LogP contribution in [-0.4, -0.2) is 52.6 Å². The van der Waals surface area contributed by atoms with Crippen LogP contribution in [0.25, 0.3) is 0 Å². The van der Waals surface area contributed by atoms with Crippen molar-refractivity contribution in [2.24, 2.45) is 0 Å². The summed E-state index contributed by atoms with van der Waals surface area (Å²) in [5.74, 6) is 4.32. The predicted molar refractivity (Wildman–Crippen MR) is 73.8 cm³/mol. The van der Waals surface area contributed by atoms with E-state index in [1.165, 1.54) is 24.6 Å². The van der Waals surface area contributed by atoms with Gasteiger partial charge in [-0.05, 0) is 13.8 Å². The molecule has 0 unspecified atom stereocenters. The van der Waals surface area contributed by atoms with Crippen LogP contribution in [-0.2, 0) is 0 Å². The Morgan fingerprint density at radius 3 is 2.76 bits per heavy atom. The minimum absolute atomic E-state index is 0.835. The lowest BCUT2D eigenvalue weighted by Crippen LogP contribution is -2.36. The van der Waals surface area contributed by atoms with E-state index in [2.05, 4.69) is 20.2 Å². The third-order valence-corrected chi connectivity index (χ3v) is 3.75. The van der Waals surface area contributed by atoms with E-state index in [4.69, 9.17) is 0 Å². The van der Waals surface area contributed by atoms with Crippen LogP contribution in [0.2, 0.25) is 0 Å². The molecule has 2 heterocycles. The van der Waals surface area contributed by atoms with Crippen LogP contribution in [0.15, 0.2) is 6.07 Å². The maximum absolute atomic E-state index is 4.37. The van der Waals surface area contributed by atoms with Crippen molar-refractivity contribution in [2.45, 2.75) is 13.8 Å². The van der Waals surface area contributed by atoms with Gasteiger partial charge in [0.2, 0.25) is 0 Å². The largest absolute Gasteiger partial charge is 0.369 e. The highest BCUT2D eigenvalue weighted by Crippen LogP contribution is 2.09. The molecular weight excluding hydrogens is 232 g/mol. The first-order valence-corrected chi connectivity index (χ1v) is 7.26. The second-order valence-electron chi connectivity index (χ2n) is 4.32. The second kappa shape index (κ2) is 6.21. The van der Waals surface area contributed by atoms with E-state index in [-0.39, 0.29) is 0 Å². The van der Waals surface area contributed by atoms with Crippen molar-refractivity contribution >= 4 is 17.6 Å². The van der Waals surface area contributed by atoms with Gasteiger partial charge in [0.15, 0.2) is 0 Å². The maximum Gasteiger partial charge on any atom is 0.129 e. The molecule has 2 rings (SSSR count).